The normalized spacial score (nSPS) is 28.5. The SMILES string of the molecule is CCC1CC2C=CC1N(CCc1c[nH]c3ccccc13)C2. The minimum atomic E-state index is 0.685. The molecule has 0 saturated carbocycles. The number of nitrogens with one attached hydrogen (secondary N) is 1. The molecule has 1 aliphatic carbocycles. The quantitative estimate of drug-likeness (QED) is 0.839. The van der Waals surface area contributed by atoms with E-state index in [1.165, 1.54) is 42.4 Å². The molecule has 3 aliphatic rings. The first-order valence-corrected chi connectivity index (χ1v) is 8.32. The molecule has 110 valence electrons. The van der Waals surface area contributed by atoms with E-state index < -0.39 is 0 Å². The van der Waals surface area contributed by atoms with Crippen molar-refractivity contribution < 1.29 is 0 Å². The minimum absolute atomic E-state index is 0.685. The van der Waals surface area contributed by atoms with Crippen LogP contribution in [0.2, 0.25) is 0 Å². The van der Waals surface area contributed by atoms with Crippen LogP contribution in [0.25, 0.3) is 10.9 Å². The number of aromatic nitrogens is 1. The van der Waals surface area contributed by atoms with Gasteiger partial charge in [-0.05, 0) is 36.3 Å². The smallest absolute Gasteiger partial charge is 0.0456 e. The number of aromatic amines is 1. The van der Waals surface area contributed by atoms with Crippen molar-refractivity contribution >= 4 is 10.9 Å². The number of para-hydroxylation sites is 1. The van der Waals surface area contributed by atoms with Gasteiger partial charge in [-0.3, -0.25) is 4.90 Å². The number of H-pyrrole nitrogens is 1. The van der Waals surface area contributed by atoms with Crippen LogP contribution in [0.5, 0.6) is 0 Å². The molecular weight excluding hydrogens is 256 g/mol. The summed E-state index contributed by atoms with van der Waals surface area (Å²) in [5.41, 5.74) is 2.73. The Morgan fingerprint density at radius 2 is 2.14 bits per heavy atom. The van der Waals surface area contributed by atoms with Crippen molar-refractivity contribution in [3.05, 3.63) is 48.2 Å². The van der Waals surface area contributed by atoms with Gasteiger partial charge in [0.15, 0.2) is 0 Å². The van der Waals surface area contributed by atoms with Crippen molar-refractivity contribution in [1.29, 1.82) is 0 Å². The molecular formula is C19H24N2. The van der Waals surface area contributed by atoms with Gasteiger partial charge in [-0.1, -0.05) is 43.7 Å². The lowest BCUT2D eigenvalue weighted by atomic mass is 9.76. The highest BCUT2D eigenvalue weighted by Gasteiger charge is 2.35. The Labute approximate surface area is 126 Å². The third kappa shape index (κ3) is 2.32. The van der Waals surface area contributed by atoms with E-state index in [4.69, 9.17) is 0 Å². The molecule has 21 heavy (non-hydrogen) atoms. The molecule has 2 aliphatic heterocycles. The van der Waals surface area contributed by atoms with Crippen molar-refractivity contribution in [3.63, 3.8) is 0 Å². The van der Waals surface area contributed by atoms with Crippen LogP contribution >= 0.6 is 0 Å². The van der Waals surface area contributed by atoms with Crippen molar-refractivity contribution in [2.45, 2.75) is 32.2 Å². The fourth-order valence-electron chi connectivity index (χ4n) is 4.26. The summed E-state index contributed by atoms with van der Waals surface area (Å²) in [4.78, 5) is 6.11. The summed E-state index contributed by atoms with van der Waals surface area (Å²) in [5, 5.41) is 1.39. The Morgan fingerprint density at radius 3 is 3.00 bits per heavy atom. The molecule has 3 heterocycles. The molecule has 2 aromatic rings. The molecule has 3 atom stereocenters. The molecule has 2 heteroatoms. The van der Waals surface area contributed by atoms with Crippen LogP contribution in [0, 0.1) is 11.8 Å². The monoisotopic (exact) mass is 280 g/mol. The zero-order valence-corrected chi connectivity index (χ0v) is 12.8. The van der Waals surface area contributed by atoms with E-state index >= 15 is 0 Å². The fraction of sp³-hybridized carbons (Fsp3) is 0.474. The van der Waals surface area contributed by atoms with Gasteiger partial charge < -0.3 is 4.98 Å². The van der Waals surface area contributed by atoms with Crippen LogP contribution in [0.4, 0.5) is 0 Å². The number of hydrogen-bond donors (Lipinski definition) is 1. The second-order valence-electron chi connectivity index (χ2n) is 6.64. The third-order valence-electron chi connectivity index (χ3n) is 5.43. The lowest BCUT2D eigenvalue weighted by Gasteiger charge is -2.46. The number of hydrogen-bond acceptors (Lipinski definition) is 1. The van der Waals surface area contributed by atoms with Crippen LogP contribution in [0.3, 0.4) is 0 Å². The van der Waals surface area contributed by atoms with E-state index in [2.05, 4.69) is 59.4 Å². The highest BCUT2D eigenvalue weighted by Crippen LogP contribution is 2.36. The van der Waals surface area contributed by atoms with Gasteiger partial charge >= 0.3 is 0 Å². The van der Waals surface area contributed by atoms with Gasteiger partial charge in [0.25, 0.3) is 0 Å². The van der Waals surface area contributed by atoms with E-state index in [-0.39, 0.29) is 0 Å². The third-order valence-corrected chi connectivity index (χ3v) is 5.43. The summed E-state index contributed by atoms with van der Waals surface area (Å²) in [6, 6.07) is 9.32. The van der Waals surface area contributed by atoms with Crippen LogP contribution < -0.4 is 0 Å². The van der Waals surface area contributed by atoms with Crippen LogP contribution in [-0.4, -0.2) is 29.0 Å². The van der Waals surface area contributed by atoms with Crippen molar-refractivity contribution in [2.75, 3.05) is 13.1 Å². The maximum atomic E-state index is 3.40. The summed E-state index contributed by atoms with van der Waals surface area (Å²) in [5.74, 6) is 1.67. The Hall–Kier alpha value is -1.54. The summed E-state index contributed by atoms with van der Waals surface area (Å²) in [6.07, 6.45) is 11.0. The van der Waals surface area contributed by atoms with Crippen molar-refractivity contribution in [1.82, 2.24) is 9.88 Å². The second-order valence-corrected chi connectivity index (χ2v) is 6.64. The maximum Gasteiger partial charge on any atom is 0.0456 e. The standard InChI is InChI=1S/C19H24N2/c1-2-15-11-14-7-8-19(15)21(13-14)10-9-16-12-20-18-6-4-3-5-17(16)18/h3-8,12,14-15,19-20H,2,9-11,13H2,1H3. The Balaban J connectivity index is 1.49. The average molecular weight is 280 g/mol. The molecule has 0 radical (unpaired) electrons. The molecule has 0 spiro atoms. The number of piperidine rings is 1. The largest absolute Gasteiger partial charge is 0.361 e. The van der Waals surface area contributed by atoms with Gasteiger partial charge in [-0.2, -0.15) is 0 Å². The molecule has 1 N–H and O–H groups in total. The van der Waals surface area contributed by atoms with Gasteiger partial charge in [-0.15, -0.1) is 0 Å². The second kappa shape index (κ2) is 5.34. The first-order valence-electron chi connectivity index (χ1n) is 8.32. The first-order chi connectivity index (χ1) is 10.3. The van der Waals surface area contributed by atoms with Gasteiger partial charge in [0.2, 0.25) is 0 Å². The zero-order chi connectivity index (χ0) is 14.2. The molecule has 0 amide bonds. The van der Waals surface area contributed by atoms with Gasteiger partial charge in [0.1, 0.15) is 0 Å². The van der Waals surface area contributed by atoms with Crippen molar-refractivity contribution in [3.8, 4) is 0 Å². The lowest BCUT2D eigenvalue weighted by Crippen LogP contribution is -2.50. The lowest BCUT2D eigenvalue weighted by molar-refractivity contribution is 0.0826. The summed E-state index contributed by atoms with van der Waals surface area (Å²) >= 11 is 0. The molecule has 2 bridgehead atoms. The van der Waals surface area contributed by atoms with E-state index in [9.17, 15) is 0 Å². The molecule has 2 nitrogen and oxygen atoms in total. The highest BCUT2D eigenvalue weighted by molar-refractivity contribution is 5.83. The highest BCUT2D eigenvalue weighted by atomic mass is 15.2. The topological polar surface area (TPSA) is 19.0 Å². The van der Waals surface area contributed by atoms with Crippen LogP contribution in [-0.2, 0) is 6.42 Å². The summed E-state index contributed by atoms with van der Waals surface area (Å²) in [6.45, 7) is 4.79. The van der Waals surface area contributed by atoms with E-state index in [0.29, 0.717) is 6.04 Å². The summed E-state index contributed by atoms with van der Waals surface area (Å²) < 4.78 is 0. The maximum absolute atomic E-state index is 3.40. The van der Waals surface area contributed by atoms with Gasteiger partial charge in [-0.25, -0.2) is 0 Å². The molecule has 5 rings (SSSR count). The molecule has 1 saturated heterocycles. The van der Waals surface area contributed by atoms with Crippen LogP contribution in [0.1, 0.15) is 25.3 Å². The van der Waals surface area contributed by atoms with E-state index in [1.54, 1.807) is 0 Å². The Bertz CT molecular complexity index is 654. The average Bonchev–Trinajstić information content (AvgIpc) is 2.96. The zero-order valence-electron chi connectivity index (χ0n) is 12.8. The fourth-order valence-corrected chi connectivity index (χ4v) is 4.26. The predicted octanol–water partition coefficient (Wildman–Crippen LogP) is 4.00. The Morgan fingerprint density at radius 1 is 1.24 bits per heavy atom. The predicted molar refractivity (Wildman–Crippen MR) is 88.4 cm³/mol. The molecule has 1 aromatic carbocycles. The first kappa shape index (κ1) is 13.1. The van der Waals surface area contributed by atoms with Gasteiger partial charge in [0.05, 0.1) is 0 Å². The summed E-state index contributed by atoms with van der Waals surface area (Å²) in [7, 11) is 0. The van der Waals surface area contributed by atoms with Crippen LogP contribution in [0.15, 0.2) is 42.6 Å². The van der Waals surface area contributed by atoms with Crippen molar-refractivity contribution in [2.24, 2.45) is 11.8 Å². The van der Waals surface area contributed by atoms with E-state index in [1.807, 2.05) is 0 Å². The number of fused-ring (bicyclic) bond motifs is 3. The van der Waals surface area contributed by atoms with Gasteiger partial charge in [0, 0.05) is 36.2 Å². The van der Waals surface area contributed by atoms with E-state index in [0.717, 1.165) is 18.3 Å². The number of nitrogens with zero attached hydrogens (tertiary/aromatic N) is 1. The minimum Gasteiger partial charge on any atom is -0.361 e. The molecule has 1 aromatic heterocycles. The Kier molecular flexibility index (Phi) is 3.34. The molecule has 3 unspecified atom stereocenters. The number of benzene rings is 1. The molecule has 1 fully saturated rings. The number of rotatable bonds is 4.